The Kier molecular flexibility index (Phi) is 6.10. The normalized spacial score (nSPS) is 12.0. The van der Waals surface area contributed by atoms with Crippen LogP contribution in [0.1, 0.15) is 34.6 Å². The van der Waals surface area contributed by atoms with Gasteiger partial charge in [0.25, 0.3) is 5.91 Å². The largest absolute Gasteiger partial charge is 0.331 e. The van der Waals surface area contributed by atoms with Crippen LogP contribution >= 0.6 is 15.9 Å². The fraction of sp³-hybridized carbons (Fsp3) is 0.148. The summed E-state index contributed by atoms with van der Waals surface area (Å²) in [6, 6.07) is 28.2. The predicted molar refractivity (Wildman–Crippen MR) is 131 cm³/mol. The summed E-state index contributed by atoms with van der Waals surface area (Å²) in [6.07, 6.45) is 0. The van der Waals surface area contributed by atoms with Crippen molar-refractivity contribution in [3.63, 3.8) is 0 Å². The molecule has 4 aromatic rings. The van der Waals surface area contributed by atoms with Crippen LogP contribution in [0.3, 0.4) is 0 Å². The van der Waals surface area contributed by atoms with Crippen LogP contribution in [0, 0.1) is 0 Å². The van der Waals surface area contributed by atoms with Crippen LogP contribution in [0.4, 0.5) is 0 Å². The SMILES string of the molecule is C=C(C)[C@@H](c1ccccc1)N(C)C(=O)c1c(Br)c2ccccc2n1Cc1ccccc1. The summed E-state index contributed by atoms with van der Waals surface area (Å²) in [5.41, 5.74) is 4.79. The summed E-state index contributed by atoms with van der Waals surface area (Å²) in [5, 5.41) is 1.03. The predicted octanol–water partition coefficient (Wildman–Crippen LogP) is 6.84. The number of amides is 1. The van der Waals surface area contributed by atoms with E-state index in [4.69, 9.17) is 0 Å². The highest BCUT2D eigenvalue weighted by atomic mass is 79.9. The number of nitrogens with zero attached hydrogens (tertiary/aromatic N) is 2. The lowest BCUT2D eigenvalue weighted by Crippen LogP contribution is -2.33. The van der Waals surface area contributed by atoms with Gasteiger partial charge in [0.05, 0.1) is 16.0 Å². The first-order chi connectivity index (χ1) is 15.0. The van der Waals surface area contributed by atoms with Gasteiger partial charge in [0.2, 0.25) is 0 Å². The van der Waals surface area contributed by atoms with Crippen molar-refractivity contribution in [3.05, 3.63) is 118 Å². The third-order valence-corrected chi connectivity index (χ3v) is 6.39. The minimum Gasteiger partial charge on any atom is -0.331 e. The highest BCUT2D eigenvalue weighted by Gasteiger charge is 2.29. The van der Waals surface area contributed by atoms with Crippen LogP contribution < -0.4 is 0 Å². The molecule has 0 aliphatic rings. The molecule has 156 valence electrons. The van der Waals surface area contributed by atoms with E-state index >= 15 is 0 Å². The van der Waals surface area contributed by atoms with E-state index in [0.29, 0.717) is 12.2 Å². The molecule has 1 atom stereocenters. The monoisotopic (exact) mass is 472 g/mol. The van der Waals surface area contributed by atoms with Crippen LogP contribution in [-0.2, 0) is 6.54 Å². The summed E-state index contributed by atoms with van der Waals surface area (Å²) in [5.74, 6) is -0.0455. The van der Waals surface area contributed by atoms with Gasteiger partial charge in [-0.25, -0.2) is 0 Å². The second kappa shape index (κ2) is 8.94. The number of hydrogen-bond acceptors (Lipinski definition) is 1. The van der Waals surface area contributed by atoms with Crippen molar-refractivity contribution in [2.75, 3.05) is 7.05 Å². The number of carbonyl (C=O) groups excluding carboxylic acids is 1. The average Bonchev–Trinajstić information content (AvgIpc) is 3.06. The van der Waals surface area contributed by atoms with Gasteiger partial charge in [0.1, 0.15) is 5.69 Å². The topological polar surface area (TPSA) is 25.2 Å². The number of fused-ring (bicyclic) bond motifs is 1. The Labute approximate surface area is 191 Å². The molecule has 0 radical (unpaired) electrons. The van der Waals surface area contributed by atoms with E-state index in [2.05, 4.69) is 45.3 Å². The standard InChI is InChI=1S/C27H25BrN2O/c1-19(2)25(21-14-8-5-9-15-21)29(3)27(31)26-24(28)22-16-10-11-17-23(22)30(26)18-20-12-6-4-7-13-20/h4-17,25H,1,18H2,2-3H3/t25-/m0/s1. The molecule has 0 fully saturated rings. The van der Waals surface area contributed by atoms with Crippen molar-refractivity contribution in [3.8, 4) is 0 Å². The van der Waals surface area contributed by atoms with E-state index in [0.717, 1.165) is 32.1 Å². The molecule has 0 saturated heterocycles. The summed E-state index contributed by atoms with van der Waals surface area (Å²) in [6.45, 7) is 6.76. The van der Waals surface area contributed by atoms with Crippen molar-refractivity contribution in [2.45, 2.75) is 19.5 Å². The third kappa shape index (κ3) is 4.08. The van der Waals surface area contributed by atoms with Crippen LogP contribution in [0.25, 0.3) is 10.9 Å². The quantitative estimate of drug-likeness (QED) is 0.282. The Morgan fingerprint density at radius 2 is 1.55 bits per heavy atom. The molecule has 3 nitrogen and oxygen atoms in total. The number of likely N-dealkylation sites (N-methyl/N-ethyl adjacent to an activating group) is 1. The first kappa shape index (κ1) is 21.1. The smallest absolute Gasteiger partial charge is 0.272 e. The van der Waals surface area contributed by atoms with Gasteiger partial charge in [0.15, 0.2) is 0 Å². The number of rotatable bonds is 6. The number of hydrogen-bond donors (Lipinski definition) is 0. The van der Waals surface area contributed by atoms with Crippen molar-refractivity contribution < 1.29 is 4.79 Å². The maximum Gasteiger partial charge on any atom is 0.272 e. The summed E-state index contributed by atoms with van der Waals surface area (Å²) in [4.78, 5) is 15.7. The first-order valence-corrected chi connectivity index (χ1v) is 11.1. The molecule has 1 aromatic heterocycles. The van der Waals surface area contributed by atoms with Gasteiger partial charge in [-0.1, -0.05) is 91.0 Å². The Morgan fingerprint density at radius 3 is 2.19 bits per heavy atom. The molecule has 0 bridgehead atoms. The molecular formula is C27H25BrN2O. The molecule has 0 spiro atoms. The number of benzene rings is 3. The third-order valence-electron chi connectivity index (χ3n) is 5.58. The van der Waals surface area contributed by atoms with Crippen molar-refractivity contribution in [1.82, 2.24) is 9.47 Å². The van der Waals surface area contributed by atoms with Gasteiger partial charge in [-0.3, -0.25) is 4.79 Å². The fourth-order valence-corrected chi connectivity index (χ4v) is 4.88. The number of aromatic nitrogens is 1. The van der Waals surface area contributed by atoms with Gasteiger partial charge in [-0.15, -0.1) is 0 Å². The Bertz CT molecular complexity index is 1230. The van der Waals surface area contributed by atoms with Crippen molar-refractivity contribution >= 4 is 32.7 Å². The van der Waals surface area contributed by atoms with Gasteiger partial charge in [-0.2, -0.15) is 0 Å². The summed E-state index contributed by atoms with van der Waals surface area (Å²) in [7, 11) is 1.85. The zero-order chi connectivity index (χ0) is 22.0. The fourth-order valence-electron chi connectivity index (χ4n) is 4.16. The number of carbonyl (C=O) groups is 1. The van der Waals surface area contributed by atoms with Crippen LogP contribution in [0.15, 0.2) is 102 Å². The van der Waals surface area contributed by atoms with E-state index in [1.54, 1.807) is 4.90 Å². The van der Waals surface area contributed by atoms with E-state index in [-0.39, 0.29) is 11.9 Å². The van der Waals surface area contributed by atoms with E-state index in [1.165, 1.54) is 0 Å². The zero-order valence-electron chi connectivity index (χ0n) is 17.8. The maximum absolute atomic E-state index is 13.9. The Morgan fingerprint density at radius 1 is 0.968 bits per heavy atom. The van der Waals surface area contributed by atoms with Gasteiger partial charge in [-0.05, 0) is 40.0 Å². The van der Waals surface area contributed by atoms with E-state index in [1.807, 2.05) is 80.7 Å². The van der Waals surface area contributed by atoms with Gasteiger partial charge < -0.3 is 9.47 Å². The second-order valence-corrected chi connectivity index (χ2v) is 8.62. The average molecular weight is 473 g/mol. The van der Waals surface area contributed by atoms with Crippen molar-refractivity contribution in [1.29, 1.82) is 0 Å². The molecule has 1 heterocycles. The molecule has 4 heteroatoms. The van der Waals surface area contributed by atoms with Crippen LogP contribution in [0.5, 0.6) is 0 Å². The number of halogens is 1. The minimum absolute atomic E-state index is 0.0455. The molecular weight excluding hydrogens is 448 g/mol. The molecule has 31 heavy (non-hydrogen) atoms. The maximum atomic E-state index is 13.9. The van der Waals surface area contributed by atoms with Crippen molar-refractivity contribution in [2.24, 2.45) is 0 Å². The van der Waals surface area contributed by atoms with Crippen LogP contribution in [-0.4, -0.2) is 22.4 Å². The van der Waals surface area contributed by atoms with E-state index in [9.17, 15) is 4.79 Å². The molecule has 4 rings (SSSR count). The molecule has 1 amide bonds. The summed E-state index contributed by atoms with van der Waals surface area (Å²) < 4.78 is 2.93. The highest BCUT2D eigenvalue weighted by Crippen LogP contribution is 2.35. The minimum atomic E-state index is -0.205. The lowest BCUT2D eigenvalue weighted by Gasteiger charge is -2.30. The zero-order valence-corrected chi connectivity index (χ0v) is 19.3. The highest BCUT2D eigenvalue weighted by molar-refractivity contribution is 9.10. The van der Waals surface area contributed by atoms with Gasteiger partial charge in [0, 0.05) is 19.0 Å². The van der Waals surface area contributed by atoms with E-state index < -0.39 is 0 Å². The lowest BCUT2D eigenvalue weighted by atomic mass is 9.99. The summed E-state index contributed by atoms with van der Waals surface area (Å²) >= 11 is 3.74. The lowest BCUT2D eigenvalue weighted by molar-refractivity contribution is 0.0742. The second-order valence-electron chi connectivity index (χ2n) is 7.83. The number of para-hydroxylation sites is 1. The molecule has 0 unspecified atom stereocenters. The van der Waals surface area contributed by atoms with Crippen LogP contribution in [0.2, 0.25) is 0 Å². The molecule has 0 N–H and O–H groups in total. The molecule has 0 aliphatic carbocycles. The molecule has 3 aromatic carbocycles. The molecule has 0 aliphatic heterocycles. The van der Waals surface area contributed by atoms with Gasteiger partial charge >= 0.3 is 0 Å². The Balaban J connectivity index is 1.82. The Hall–Kier alpha value is -3.11. The first-order valence-electron chi connectivity index (χ1n) is 10.3. The molecule has 0 saturated carbocycles.